The Kier molecular flexibility index (Phi) is 5.18. The Morgan fingerprint density at radius 1 is 1.03 bits per heavy atom. The molecule has 1 N–H and O–H groups in total. The van der Waals surface area contributed by atoms with Crippen molar-refractivity contribution >= 4 is 49.2 Å². The van der Waals surface area contributed by atoms with Crippen LogP contribution in [0.4, 0.5) is 5.13 Å². The van der Waals surface area contributed by atoms with Gasteiger partial charge in [0.15, 0.2) is 5.13 Å². The summed E-state index contributed by atoms with van der Waals surface area (Å²) in [7, 11) is 0. The van der Waals surface area contributed by atoms with E-state index in [1.54, 1.807) is 11.3 Å². The van der Waals surface area contributed by atoms with Crippen LogP contribution in [0.2, 0.25) is 5.02 Å². The highest BCUT2D eigenvalue weighted by Crippen LogP contribution is 2.31. The van der Waals surface area contributed by atoms with Crippen LogP contribution in [0.1, 0.15) is 0 Å². The van der Waals surface area contributed by atoms with Gasteiger partial charge in [0.25, 0.3) is 0 Å². The van der Waals surface area contributed by atoms with E-state index in [0.29, 0.717) is 13.1 Å². The van der Waals surface area contributed by atoms with Crippen molar-refractivity contribution < 1.29 is 5.11 Å². The lowest BCUT2D eigenvalue weighted by Gasteiger charge is -2.35. The van der Waals surface area contributed by atoms with Gasteiger partial charge in [-0.3, -0.25) is 4.90 Å². The van der Waals surface area contributed by atoms with E-state index in [1.807, 2.05) is 30.3 Å². The number of rotatable bonds is 5. The number of thiazole rings is 1. The van der Waals surface area contributed by atoms with Gasteiger partial charge in [-0.1, -0.05) is 41.1 Å². The number of aliphatic hydroxyl groups excluding tert-OH is 1. The minimum Gasteiger partial charge on any atom is -0.390 e. The molecule has 150 valence electrons. The average molecular weight is 427 g/mol. The molecule has 0 spiro atoms. The molecule has 0 aliphatic carbocycles. The summed E-state index contributed by atoms with van der Waals surface area (Å²) in [5.41, 5.74) is 2.18. The smallest absolute Gasteiger partial charge is 0.186 e. The molecule has 2 aromatic carbocycles. The largest absolute Gasteiger partial charge is 0.390 e. The lowest BCUT2D eigenvalue weighted by atomic mass is 10.2. The number of halogens is 1. The van der Waals surface area contributed by atoms with Crippen molar-refractivity contribution in [3.63, 3.8) is 0 Å². The fourth-order valence-electron chi connectivity index (χ4n) is 4.03. The molecule has 1 saturated heterocycles. The van der Waals surface area contributed by atoms with Crippen molar-refractivity contribution in [3.8, 4) is 0 Å². The Morgan fingerprint density at radius 2 is 1.86 bits per heavy atom. The highest BCUT2D eigenvalue weighted by atomic mass is 35.5. The molecule has 0 unspecified atom stereocenters. The van der Waals surface area contributed by atoms with Gasteiger partial charge in [0.1, 0.15) is 0 Å². The van der Waals surface area contributed by atoms with Gasteiger partial charge >= 0.3 is 0 Å². The third-order valence-corrected chi connectivity index (χ3v) is 6.85. The van der Waals surface area contributed by atoms with Crippen LogP contribution in [0.5, 0.6) is 0 Å². The predicted octanol–water partition coefficient (Wildman–Crippen LogP) is 4.09. The van der Waals surface area contributed by atoms with Crippen molar-refractivity contribution in [3.05, 3.63) is 59.8 Å². The van der Waals surface area contributed by atoms with E-state index in [-0.39, 0.29) is 6.10 Å². The summed E-state index contributed by atoms with van der Waals surface area (Å²) < 4.78 is 3.27. The Labute approximate surface area is 178 Å². The van der Waals surface area contributed by atoms with E-state index < -0.39 is 0 Å². The Hall–Kier alpha value is -2.12. The second-order valence-electron chi connectivity index (χ2n) is 7.58. The van der Waals surface area contributed by atoms with E-state index in [0.717, 1.165) is 46.5 Å². The number of anilines is 1. The van der Waals surface area contributed by atoms with Crippen LogP contribution in [0.3, 0.4) is 0 Å². The topological polar surface area (TPSA) is 44.5 Å². The molecule has 5 rings (SSSR count). The number of hydrogen-bond donors (Lipinski definition) is 1. The average Bonchev–Trinajstić information content (AvgIpc) is 3.32. The molecule has 3 heterocycles. The minimum absolute atomic E-state index is 0.387. The van der Waals surface area contributed by atoms with Gasteiger partial charge in [0.2, 0.25) is 0 Å². The van der Waals surface area contributed by atoms with Crippen LogP contribution in [0.15, 0.2) is 54.7 Å². The lowest BCUT2D eigenvalue weighted by molar-refractivity contribution is 0.0960. The number of nitrogens with zero attached hydrogens (tertiary/aromatic N) is 4. The fourth-order valence-corrected chi connectivity index (χ4v) is 5.32. The van der Waals surface area contributed by atoms with Crippen LogP contribution in [0.25, 0.3) is 21.1 Å². The number of hydrogen-bond acceptors (Lipinski definition) is 5. The highest BCUT2D eigenvalue weighted by Gasteiger charge is 2.22. The van der Waals surface area contributed by atoms with Crippen LogP contribution < -0.4 is 4.90 Å². The molecule has 0 saturated carbocycles. The third kappa shape index (κ3) is 3.98. The molecule has 1 aliphatic heterocycles. The van der Waals surface area contributed by atoms with Gasteiger partial charge < -0.3 is 14.6 Å². The van der Waals surface area contributed by atoms with Crippen LogP contribution in [-0.2, 0) is 6.54 Å². The first-order chi connectivity index (χ1) is 14.2. The normalized spacial score (nSPS) is 16.7. The van der Waals surface area contributed by atoms with E-state index in [2.05, 4.69) is 38.8 Å². The highest BCUT2D eigenvalue weighted by molar-refractivity contribution is 7.22. The molecule has 29 heavy (non-hydrogen) atoms. The summed E-state index contributed by atoms with van der Waals surface area (Å²) in [6, 6.07) is 16.2. The zero-order valence-electron chi connectivity index (χ0n) is 16.0. The van der Waals surface area contributed by atoms with Crippen molar-refractivity contribution in [1.29, 1.82) is 0 Å². The van der Waals surface area contributed by atoms with Gasteiger partial charge in [0.05, 0.1) is 16.3 Å². The Balaban J connectivity index is 1.18. The summed E-state index contributed by atoms with van der Waals surface area (Å²) in [5.74, 6) is 0. The molecular weight excluding hydrogens is 404 g/mol. The van der Waals surface area contributed by atoms with Crippen LogP contribution in [-0.4, -0.2) is 58.4 Å². The fraction of sp³-hybridized carbons (Fsp3) is 0.318. The monoisotopic (exact) mass is 426 g/mol. The van der Waals surface area contributed by atoms with Gasteiger partial charge in [-0.05, 0) is 35.7 Å². The zero-order chi connectivity index (χ0) is 19.8. The Bertz CT molecular complexity index is 1130. The van der Waals surface area contributed by atoms with E-state index in [1.165, 1.54) is 10.9 Å². The third-order valence-electron chi connectivity index (χ3n) is 5.54. The quantitative estimate of drug-likeness (QED) is 0.522. The van der Waals surface area contributed by atoms with Gasteiger partial charge in [-0.2, -0.15) is 0 Å². The number of fused-ring (bicyclic) bond motifs is 2. The second-order valence-corrected chi connectivity index (χ2v) is 9.02. The molecule has 5 nitrogen and oxygen atoms in total. The molecule has 1 aliphatic rings. The SMILES string of the molecule is O[C@@H](CN1CCN(c2nc3ccc(Cl)cc3s2)CC1)Cn1ccc2ccccc21. The maximum atomic E-state index is 10.6. The van der Waals surface area contributed by atoms with Gasteiger partial charge in [0, 0.05) is 56.0 Å². The molecular formula is C22H23ClN4OS. The van der Waals surface area contributed by atoms with E-state index >= 15 is 0 Å². The predicted molar refractivity (Wildman–Crippen MR) is 121 cm³/mol. The Morgan fingerprint density at radius 3 is 2.72 bits per heavy atom. The molecule has 7 heteroatoms. The molecule has 1 atom stereocenters. The van der Waals surface area contributed by atoms with Crippen molar-refractivity contribution in [2.75, 3.05) is 37.6 Å². The van der Waals surface area contributed by atoms with Crippen LogP contribution >= 0.6 is 22.9 Å². The van der Waals surface area contributed by atoms with E-state index in [4.69, 9.17) is 16.6 Å². The number of benzene rings is 2. The standard InChI is InChI=1S/C22H23ClN4OS/c23-17-5-6-19-21(13-17)29-22(24-19)26-11-9-25(10-12-26)14-18(28)15-27-8-7-16-3-1-2-4-20(16)27/h1-8,13,18,28H,9-12,14-15H2/t18-/m0/s1. The summed E-state index contributed by atoms with van der Waals surface area (Å²) in [6.45, 7) is 5.02. The van der Waals surface area contributed by atoms with Crippen molar-refractivity contribution in [2.45, 2.75) is 12.6 Å². The lowest BCUT2D eigenvalue weighted by Crippen LogP contribution is -2.49. The molecule has 4 aromatic rings. The molecule has 1 fully saturated rings. The van der Waals surface area contributed by atoms with Gasteiger partial charge in [-0.25, -0.2) is 4.98 Å². The summed E-state index contributed by atoms with van der Waals surface area (Å²) >= 11 is 7.79. The first-order valence-corrected chi connectivity index (χ1v) is 11.1. The van der Waals surface area contributed by atoms with E-state index in [9.17, 15) is 5.11 Å². The number of β-amino-alcohol motifs (C(OH)–C–C–N with tert-alkyl or cyclic N) is 1. The minimum atomic E-state index is -0.387. The maximum Gasteiger partial charge on any atom is 0.186 e. The molecule has 0 radical (unpaired) electrons. The number of aromatic nitrogens is 2. The summed E-state index contributed by atoms with van der Waals surface area (Å²) in [5, 5.41) is 13.7. The zero-order valence-corrected chi connectivity index (χ0v) is 17.6. The second kappa shape index (κ2) is 7.95. The van der Waals surface area contributed by atoms with Crippen molar-refractivity contribution in [2.24, 2.45) is 0 Å². The molecule has 0 bridgehead atoms. The summed E-state index contributed by atoms with van der Waals surface area (Å²) in [6.07, 6.45) is 1.67. The van der Waals surface area contributed by atoms with Crippen LogP contribution in [0, 0.1) is 0 Å². The molecule has 0 amide bonds. The van der Waals surface area contributed by atoms with Gasteiger partial charge in [-0.15, -0.1) is 0 Å². The number of piperazine rings is 1. The maximum absolute atomic E-state index is 10.6. The first kappa shape index (κ1) is 18.9. The first-order valence-electron chi connectivity index (χ1n) is 9.91. The summed E-state index contributed by atoms with van der Waals surface area (Å²) in [4.78, 5) is 9.44. The number of aliphatic hydroxyl groups is 1. The van der Waals surface area contributed by atoms with Crippen molar-refractivity contribution in [1.82, 2.24) is 14.5 Å². The number of para-hydroxylation sites is 1. The molecule has 2 aromatic heterocycles.